The molecule has 3 aromatic carbocycles. The third-order valence-corrected chi connectivity index (χ3v) is 4.35. The average Bonchev–Trinajstić information content (AvgIpc) is 2.99. The van der Waals surface area contributed by atoms with Gasteiger partial charge in [0.05, 0.1) is 12.1 Å². The minimum Gasteiger partial charge on any atom is -0.495 e. The number of hydrogen-bond donors (Lipinski definition) is 1. The van der Waals surface area contributed by atoms with E-state index in [9.17, 15) is 4.79 Å². The van der Waals surface area contributed by atoms with Gasteiger partial charge in [0.25, 0.3) is 5.91 Å². The normalized spacial score (nSPS) is 11.0. The summed E-state index contributed by atoms with van der Waals surface area (Å²) in [5.41, 5.74) is 2.66. The van der Waals surface area contributed by atoms with Crippen LogP contribution in [0.5, 0.6) is 5.75 Å². The highest BCUT2D eigenvalue weighted by molar-refractivity contribution is 6.32. The molecule has 124 valence electrons. The highest BCUT2D eigenvalue weighted by atomic mass is 35.5. The van der Waals surface area contributed by atoms with Crippen LogP contribution in [0.4, 0.5) is 5.69 Å². The van der Waals surface area contributed by atoms with Crippen LogP contribution in [0, 0.1) is 0 Å². The second-order valence-electron chi connectivity index (χ2n) is 5.61. The van der Waals surface area contributed by atoms with Crippen molar-refractivity contribution in [1.29, 1.82) is 0 Å². The maximum absolute atomic E-state index is 12.4. The fraction of sp³-hybridized carbons (Fsp3) is 0.0500. The molecule has 25 heavy (non-hydrogen) atoms. The molecule has 1 amide bonds. The van der Waals surface area contributed by atoms with E-state index in [1.54, 1.807) is 18.2 Å². The summed E-state index contributed by atoms with van der Waals surface area (Å²) in [5, 5.41) is 5.32. The standard InChI is InChI=1S/C20H14ClNO3/c1-24-18-9-6-12(10-16(18)21)20(23)22-13-7-8-15-14-4-2-3-5-17(14)25-19(15)11-13/h2-11H,1H3,(H,22,23). The lowest BCUT2D eigenvalue weighted by Gasteiger charge is -2.07. The van der Waals surface area contributed by atoms with Crippen LogP contribution in [0.1, 0.15) is 10.4 Å². The molecule has 0 spiro atoms. The Kier molecular flexibility index (Phi) is 3.82. The number of fused-ring (bicyclic) bond motifs is 3. The van der Waals surface area contributed by atoms with Crippen LogP contribution in [0.25, 0.3) is 21.9 Å². The summed E-state index contributed by atoms with van der Waals surface area (Å²) in [5.74, 6) is 0.280. The van der Waals surface area contributed by atoms with Gasteiger partial charge >= 0.3 is 0 Å². The summed E-state index contributed by atoms with van der Waals surface area (Å²) in [6, 6.07) is 18.4. The van der Waals surface area contributed by atoms with Crippen LogP contribution in [-0.4, -0.2) is 13.0 Å². The van der Waals surface area contributed by atoms with E-state index >= 15 is 0 Å². The molecule has 4 rings (SSSR count). The Bertz CT molecular complexity index is 1100. The summed E-state index contributed by atoms with van der Waals surface area (Å²) >= 11 is 6.08. The number of carbonyl (C=O) groups is 1. The lowest BCUT2D eigenvalue weighted by atomic mass is 10.1. The zero-order valence-corrected chi connectivity index (χ0v) is 14.1. The number of anilines is 1. The number of halogens is 1. The fourth-order valence-corrected chi connectivity index (χ4v) is 3.07. The van der Waals surface area contributed by atoms with Gasteiger partial charge in [-0.3, -0.25) is 4.79 Å². The third kappa shape index (κ3) is 2.81. The molecule has 0 bridgehead atoms. The highest BCUT2D eigenvalue weighted by Gasteiger charge is 2.11. The number of furan rings is 1. The molecule has 0 aliphatic heterocycles. The van der Waals surface area contributed by atoms with E-state index in [4.69, 9.17) is 20.8 Å². The molecule has 0 aliphatic carbocycles. The Morgan fingerprint density at radius 1 is 1.00 bits per heavy atom. The van der Waals surface area contributed by atoms with E-state index in [-0.39, 0.29) is 5.91 Å². The number of para-hydroxylation sites is 1. The number of amides is 1. The minimum absolute atomic E-state index is 0.250. The number of ether oxygens (including phenoxy) is 1. The maximum Gasteiger partial charge on any atom is 0.255 e. The Balaban J connectivity index is 1.64. The summed E-state index contributed by atoms with van der Waals surface area (Å²) in [6.07, 6.45) is 0. The van der Waals surface area contributed by atoms with Crippen molar-refractivity contribution in [2.24, 2.45) is 0 Å². The van der Waals surface area contributed by atoms with Gasteiger partial charge in [-0.2, -0.15) is 0 Å². The van der Waals surface area contributed by atoms with E-state index in [1.165, 1.54) is 7.11 Å². The van der Waals surface area contributed by atoms with Crippen molar-refractivity contribution in [2.75, 3.05) is 12.4 Å². The first-order valence-corrected chi connectivity index (χ1v) is 8.10. The average molecular weight is 352 g/mol. The maximum atomic E-state index is 12.4. The van der Waals surface area contributed by atoms with Crippen molar-refractivity contribution >= 4 is 45.1 Å². The molecule has 5 heteroatoms. The zero-order valence-electron chi connectivity index (χ0n) is 13.4. The van der Waals surface area contributed by atoms with Crippen LogP contribution in [0.2, 0.25) is 5.02 Å². The van der Waals surface area contributed by atoms with Crippen LogP contribution in [-0.2, 0) is 0 Å². The third-order valence-electron chi connectivity index (χ3n) is 4.05. The first-order chi connectivity index (χ1) is 12.2. The van der Waals surface area contributed by atoms with E-state index in [0.29, 0.717) is 22.0 Å². The van der Waals surface area contributed by atoms with Crippen LogP contribution < -0.4 is 10.1 Å². The lowest BCUT2D eigenvalue weighted by Crippen LogP contribution is -2.11. The Hall–Kier alpha value is -2.98. The van der Waals surface area contributed by atoms with Crippen LogP contribution >= 0.6 is 11.6 Å². The second-order valence-corrected chi connectivity index (χ2v) is 6.02. The van der Waals surface area contributed by atoms with Gasteiger partial charge in [0.1, 0.15) is 16.9 Å². The number of hydrogen-bond acceptors (Lipinski definition) is 3. The second kappa shape index (κ2) is 6.15. The Labute approximate surface area is 149 Å². The predicted molar refractivity (Wildman–Crippen MR) is 99.7 cm³/mol. The zero-order chi connectivity index (χ0) is 17.4. The summed E-state index contributed by atoms with van der Waals surface area (Å²) in [4.78, 5) is 12.4. The topological polar surface area (TPSA) is 51.5 Å². The predicted octanol–water partition coefficient (Wildman–Crippen LogP) is 5.50. The number of carbonyl (C=O) groups excluding carboxylic acids is 1. The number of rotatable bonds is 3. The highest BCUT2D eigenvalue weighted by Crippen LogP contribution is 2.30. The van der Waals surface area contributed by atoms with E-state index < -0.39 is 0 Å². The van der Waals surface area contributed by atoms with Gasteiger partial charge in [0.2, 0.25) is 0 Å². The molecule has 4 nitrogen and oxygen atoms in total. The monoisotopic (exact) mass is 351 g/mol. The van der Waals surface area contributed by atoms with Crippen molar-refractivity contribution in [1.82, 2.24) is 0 Å². The van der Waals surface area contributed by atoms with E-state index in [2.05, 4.69) is 5.32 Å². The molecule has 1 N–H and O–H groups in total. The molecule has 0 fully saturated rings. The largest absolute Gasteiger partial charge is 0.495 e. The fourth-order valence-electron chi connectivity index (χ4n) is 2.81. The van der Waals surface area contributed by atoms with E-state index in [1.807, 2.05) is 42.5 Å². The van der Waals surface area contributed by atoms with Gasteiger partial charge in [0, 0.05) is 28.1 Å². The Morgan fingerprint density at radius 2 is 1.80 bits per heavy atom. The van der Waals surface area contributed by atoms with Crippen LogP contribution in [0.3, 0.4) is 0 Å². The van der Waals surface area contributed by atoms with Crippen LogP contribution in [0.15, 0.2) is 65.1 Å². The van der Waals surface area contributed by atoms with Crippen molar-refractivity contribution in [3.05, 3.63) is 71.2 Å². The Morgan fingerprint density at radius 3 is 2.60 bits per heavy atom. The number of benzene rings is 3. The molecule has 4 aromatic rings. The molecule has 0 aliphatic rings. The van der Waals surface area contributed by atoms with Gasteiger partial charge in [-0.1, -0.05) is 29.8 Å². The van der Waals surface area contributed by atoms with Crippen molar-refractivity contribution < 1.29 is 13.9 Å². The number of methoxy groups -OCH3 is 1. The smallest absolute Gasteiger partial charge is 0.255 e. The molecule has 0 unspecified atom stereocenters. The van der Waals surface area contributed by atoms with Gasteiger partial charge in [-0.15, -0.1) is 0 Å². The van der Waals surface area contributed by atoms with Gasteiger partial charge in [-0.25, -0.2) is 0 Å². The van der Waals surface area contributed by atoms with Crippen molar-refractivity contribution in [3.8, 4) is 5.75 Å². The molecule has 0 saturated carbocycles. The number of nitrogens with one attached hydrogen (secondary N) is 1. The summed E-state index contributed by atoms with van der Waals surface area (Å²) in [6.45, 7) is 0. The molecule has 0 atom stereocenters. The van der Waals surface area contributed by atoms with Gasteiger partial charge in [0.15, 0.2) is 0 Å². The molecular formula is C20H14ClNO3. The lowest BCUT2D eigenvalue weighted by molar-refractivity contribution is 0.102. The molecular weight excluding hydrogens is 338 g/mol. The van der Waals surface area contributed by atoms with E-state index in [0.717, 1.165) is 21.9 Å². The first kappa shape index (κ1) is 15.5. The van der Waals surface area contributed by atoms with Gasteiger partial charge in [-0.05, 0) is 36.4 Å². The molecule has 0 saturated heterocycles. The van der Waals surface area contributed by atoms with Crippen molar-refractivity contribution in [2.45, 2.75) is 0 Å². The summed E-state index contributed by atoms with van der Waals surface area (Å²) < 4.78 is 10.9. The molecule has 1 heterocycles. The minimum atomic E-state index is -0.250. The SMILES string of the molecule is COc1ccc(C(=O)Nc2ccc3c(c2)oc2ccccc23)cc1Cl. The molecule has 1 aromatic heterocycles. The summed E-state index contributed by atoms with van der Waals surface area (Å²) in [7, 11) is 1.53. The van der Waals surface area contributed by atoms with Crippen molar-refractivity contribution in [3.63, 3.8) is 0 Å². The van der Waals surface area contributed by atoms with Gasteiger partial charge < -0.3 is 14.5 Å². The quantitative estimate of drug-likeness (QED) is 0.530. The first-order valence-electron chi connectivity index (χ1n) is 7.72. The molecule has 0 radical (unpaired) electrons.